The van der Waals surface area contributed by atoms with E-state index in [2.05, 4.69) is 10.6 Å². The van der Waals surface area contributed by atoms with Gasteiger partial charge in [0.05, 0.1) is 18.8 Å². The molecule has 1 aromatic rings. The molecule has 0 aromatic heterocycles. The van der Waals surface area contributed by atoms with Crippen molar-refractivity contribution in [1.29, 1.82) is 0 Å². The van der Waals surface area contributed by atoms with Crippen LogP contribution in [0.15, 0.2) is 18.2 Å². The van der Waals surface area contributed by atoms with Crippen LogP contribution in [-0.4, -0.2) is 30.4 Å². The molecule has 0 unspecified atom stereocenters. The van der Waals surface area contributed by atoms with Crippen LogP contribution in [0.2, 0.25) is 5.02 Å². The van der Waals surface area contributed by atoms with Crippen LogP contribution in [-0.2, 0) is 11.3 Å². The lowest BCUT2D eigenvalue weighted by Crippen LogP contribution is -2.50. The average Bonchev–Trinajstić information content (AvgIpc) is 2.91. The van der Waals surface area contributed by atoms with Crippen LogP contribution in [0.1, 0.15) is 31.2 Å². The minimum Gasteiger partial charge on any atom is -0.394 e. The number of rotatable bonds is 5. The molecule has 1 fully saturated rings. The summed E-state index contributed by atoms with van der Waals surface area (Å²) in [5, 5.41) is 15.8. The van der Waals surface area contributed by atoms with Gasteiger partial charge in [0.25, 0.3) is 0 Å². The molecule has 2 rings (SSSR count). The molecule has 0 heterocycles. The second kappa shape index (κ2) is 7.11. The Bertz CT molecular complexity index is 502. The molecule has 21 heavy (non-hydrogen) atoms. The maximum atomic E-state index is 12.2. The third kappa shape index (κ3) is 3.87. The fourth-order valence-corrected chi connectivity index (χ4v) is 2.96. The number of hydrogen-bond donors (Lipinski definition) is 3. The van der Waals surface area contributed by atoms with E-state index in [4.69, 9.17) is 16.3 Å². The number of carbonyl (C=O) groups is 1. The maximum absolute atomic E-state index is 12.2. The van der Waals surface area contributed by atoms with Gasteiger partial charge in [0.2, 0.25) is 0 Å². The first-order chi connectivity index (χ1) is 10.1. The van der Waals surface area contributed by atoms with E-state index < -0.39 is 5.54 Å². The van der Waals surface area contributed by atoms with Crippen LogP contribution in [0.25, 0.3) is 0 Å². The van der Waals surface area contributed by atoms with Crippen molar-refractivity contribution in [2.75, 3.05) is 19.0 Å². The molecule has 1 aliphatic carbocycles. The number of hydrogen-bond acceptors (Lipinski definition) is 3. The molecule has 3 N–H and O–H groups in total. The van der Waals surface area contributed by atoms with Gasteiger partial charge >= 0.3 is 6.03 Å². The molecule has 6 heteroatoms. The molecule has 5 nitrogen and oxygen atoms in total. The van der Waals surface area contributed by atoms with E-state index >= 15 is 0 Å². The summed E-state index contributed by atoms with van der Waals surface area (Å²) in [7, 11) is 1.58. The number of nitrogens with one attached hydrogen (secondary N) is 2. The van der Waals surface area contributed by atoms with E-state index in [1.54, 1.807) is 25.3 Å². The lowest BCUT2D eigenvalue weighted by molar-refractivity contribution is 0.167. The van der Waals surface area contributed by atoms with Crippen molar-refractivity contribution in [1.82, 2.24) is 5.32 Å². The van der Waals surface area contributed by atoms with Crippen molar-refractivity contribution < 1.29 is 14.6 Å². The number of anilines is 1. The van der Waals surface area contributed by atoms with E-state index in [0.29, 0.717) is 17.3 Å². The number of benzene rings is 1. The van der Waals surface area contributed by atoms with E-state index in [9.17, 15) is 9.90 Å². The van der Waals surface area contributed by atoms with Gasteiger partial charge in [-0.15, -0.1) is 0 Å². The molecule has 0 aliphatic heterocycles. The molecule has 0 saturated heterocycles. The SMILES string of the molecule is COCc1c(Cl)cccc1NC(=O)NC1(CO)CCCC1. The van der Waals surface area contributed by atoms with Crippen molar-refractivity contribution in [2.24, 2.45) is 0 Å². The number of carbonyl (C=O) groups excluding carboxylic acids is 1. The van der Waals surface area contributed by atoms with Crippen molar-refractivity contribution in [3.63, 3.8) is 0 Å². The topological polar surface area (TPSA) is 70.6 Å². The van der Waals surface area contributed by atoms with Crippen molar-refractivity contribution >= 4 is 23.3 Å². The smallest absolute Gasteiger partial charge is 0.319 e. The molecule has 0 radical (unpaired) electrons. The Kier molecular flexibility index (Phi) is 5.45. The summed E-state index contributed by atoms with van der Waals surface area (Å²) in [6, 6.07) is 4.98. The third-order valence-electron chi connectivity index (χ3n) is 3.90. The largest absolute Gasteiger partial charge is 0.394 e. The summed E-state index contributed by atoms with van der Waals surface area (Å²) in [4.78, 5) is 12.2. The summed E-state index contributed by atoms with van der Waals surface area (Å²) >= 11 is 6.12. The monoisotopic (exact) mass is 312 g/mol. The zero-order chi connectivity index (χ0) is 15.3. The van der Waals surface area contributed by atoms with E-state index in [0.717, 1.165) is 31.2 Å². The zero-order valence-electron chi connectivity index (χ0n) is 12.1. The number of methoxy groups -OCH3 is 1. The molecule has 1 aliphatic rings. The van der Waals surface area contributed by atoms with Crippen LogP contribution in [0.3, 0.4) is 0 Å². The van der Waals surface area contributed by atoms with E-state index in [1.165, 1.54) is 0 Å². The van der Waals surface area contributed by atoms with Crippen LogP contribution in [0.5, 0.6) is 0 Å². The maximum Gasteiger partial charge on any atom is 0.319 e. The Hall–Kier alpha value is -1.30. The van der Waals surface area contributed by atoms with Crippen LogP contribution in [0, 0.1) is 0 Å². The average molecular weight is 313 g/mol. The second-order valence-corrected chi connectivity index (χ2v) is 5.83. The minimum atomic E-state index is -0.496. The number of amides is 2. The van der Waals surface area contributed by atoms with Gasteiger partial charge in [0.15, 0.2) is 0 Å². The fourth-order valence-electron chi connectivity index (χ4n) is 2.74. The van der Waals surface area contributed by atoms with Crippen molar-refractivity contribution in [2.45, 2.75) is 37.8 Å². The normalized spacial score (nSPS) is 16.7. The third-order valence-corrected chi connectivity index (χ3v) is 4.25. The van der Waals surface area contributed by atoms with Gasteiger partial charge in [-0.2, -0.15) is 0 Å². The first-order valence-electron chi connectivity index (χ1n) is 7.06. The minimum absolute atomic E-state index is 0.0408. The fraction of sp³-hybridized carbons (Fsp3) is 0.533. The second-order valence-electron chi connectivity index (χ2n) is 5.42. The molecule has 1 aromatic carbocycles. The molecular weight excluding hydrogens is 292 g/mol. The molecule has 2 amide bonds. The first-order valence-corrected chi connectivity index (χ1v) is 7.44. The van der Waals surface area contributed by atoms with Crippen LogP contribution < -0.4 is 10.6 Å². The van der Waals surface area contributed by atoms with E-state index in [-0.39, 0.29) is 12.6 Å². The van der Waals surface area contributed by atoms with E-state index in [1.807, 2.05) is 0 Å². The molecule has 0 atom stereocenters. The quantitative estimate of drug-likeness (QED) is 0.783. The molecule has 1 saturated carbocycles. The number of aliphatic hydroxyl groups excluding tert-OH is 1. The van der Waals surface area contributed by atoms with Gasteiger partial charge in [-0.1, -0.05) is 30.5 Å². The summed E-state index contributed by atoms with van der Waals surface area (Å²) < 4.78 is 5.11. The van der Waals surface area contributed by atoms with Crippen molar-refractivity contribution in [3.8, 4) is 0 Å². The summed E-state index contributed by atoms with van der Waals surface area (Å²) in [6.07, 6.45) is 3.65. The predicted octanol–water partition coefficient (Wildman–Crippen LogP) is 2.91. The summed E-state index contributed by atoms with van der Waals surface area (Å²) in [5.41, 5.74) is 0.860. The summed E-state index contributed by atoms with van der Waals surface area (Å²) in [5.74, 6) is 0. The zero-order valence-corrected chi connectivity index (χ0v) is 12.9. The Labute approximate surface area is 129 Å². The predicted molar refractivity (Wildman–Crippen MR) is 82.6 cm³/mol. The Balaban J connectivity index is 2.07. The highest BCUT2D eigenvalue weighted by Gasteiger charge is 2.34. The number of aliphatic hydroxyl groups is 1. The van der Waals surface area contributed by atoms with Gasteiger partial charge in [0, 0.05) is 23.4 Å². The van der Waals surface area contributed by atoms with Gasteiger partial charge in [-0.05, 0) is 25.0 Å². The van der Waals surface area contributed by atoms with Gasteiger partial charge < -0.3 is 20.5 Å². The van der Waals surface area contributed by atoms with Crippen molar-refractivity contribution in [3.05, 3.63) is 28.8 Å². The lowest BCUT2D eigenvalue weighted by Gasteiger charge is -2.28. The van der Waals surface area contributed by atoms with Gasteiger partial charge in [-0.25, -0.2) is 4.79 Å². The number of halogens is 1. The van der Waals surface area contributed by atoms with Gasteiger partial charge in [0.1, 0.15) is 0 Å². The Morgan fingerprint density at radius 2 is 2.14 bits per heavy atom. The van der Waals surface area contributed by atoms with Gasteiger partial charge in [-0.3, -0.25) is 0 Å². The lowest BCUT2D eigenvalue weighted by atomic mass is 9.99. The molecule has 0 bridgehead atoms. The highest BCUT2D eigenvalue weighted by Crippen LogP contribution is 2.30. The first kappa shape index (κ1) is 16.1. The van der Waals surface area contributed by atoms with Crippen LogP contribution >= 0.6 is 11.6 Å². The number of ether oxygens (including phenoxy) is 1. The Morgan fingerprint density at radius 3 is 2.76 bits per heavy atom. The highest BCUT2D eigenvalue weighted by atomic mass is 35.5. The molecule has 116 valence electrons. The highest BCUT2D eigenvalue weighted by molar-refractivity contribution is 6.31. The summed E-state index contributed by atoms with van der Waals surface area (Å²) in [6.45, 7) is 0.279. The molecular formula is C15H21ClN2O3. The molecule has 0 spiro atoms. The standard InChI is InChI=1S/C15H21ClN2O3/c1-21-9-11-12(16)5-4-6-13(11)17-14(20)18-15(10-19)7-2-3-8-15/h4-6,19H,2-3,7-10H2,1H3,(H2,17,18,20). The van der Waals surface area contributed by atoms with Crippen LogP contribution in [0.4, 0.5) is 10.5 Å². The number of urea groups is 1. The Morgan fingerprint density at radius 1 is 1.43 bits per heavy atom.